The molecule has 0 amide bonds. The predicted octanol–water partition coefficient (Wildman–Crippen LogP) is 4.17. The Labute approximate surface area is 93.2 Å². The largest absolute Gasteiger partial charge is 0.454 e. The molecule has 1 aromatic carbocycles. The Morgan fingerprint density at radius 1 is 1.07 bits per heavy atom. The van der Waals surface area contributed by atoms with Gasteiger partial charge in [-0.25, -0.2) is 0 Å². The number of hydrogen-bond donors (Lipinski definition) is 0. The molecule has 0 fully saturated rings. The van der Waals surface area contributed by atoms with Gasteiger partial charge in [0, 0.05) is 0 Å². The second-order valence-electron chi connectivity index (χ2n) is 3.06. The normalized spacial score (nSPS) is 10.7. The third-order valence-electron chi connectivity index (χ3n) is 1.53. The molecule has 2 heteroatoms. The maximum atomic E-state index is 5.16. The quantitative estimate of drug-likeness (QED) is 0.640. The summed E-state index contributed by atoms with van der Waals surface area (Å²) >= 11 is 0. The zero-order valence-electron chi connectivity index (χ0n) is 10.5. The van der Waals surface area contributed by atoms with Crippen molar-refractivity contribution in [2.24, 2.45) is 0 Å². The number of benzene rings is 1. The van der Waals surface area contributed by atoms with E-state index < -0.39 is 0 Å². The van der Waals surface area contributed by atoms with Gasteiger partial charge in [0.25, 0.3) is 0 Å². The Balaban J connectivity index is 0.000000342. The fourth-order valence-corrected chi connectivity index (χ4v) is 1.00. The van der Waals surface area contributed by atoms with Gasteiger partial charge >= 0.3 is 0 Å². The number of ether oxygens (including phenoxy) is 2. The highest BCUT2D eigenvalue weighted by Gasteiger charge is 2.11. The van der Waals surface area contributed by atoms with E-state index in [9.17, 15) is 0 Å². The first kappa shape index (κ1) is 13.8. The van der Waals surface area contributed by atoms with Crippen LogP contribution in [0.4, 0.5) is 0 Å². The molecule has 0 saturated carbocycles. The van der Waals surface area contributed by atoms with Crippen LogP contribution < -0.4 is 9.47 Å². The van der Waals surface area contributed by atoms with Crippen molar-refractivity contribution in [3.8, 4) is 11.5 Å². The van der Waals surface area contributed by atoms with Crippen molar-refractivity contribution in [3.05, 3.63) is 23.8 Å². The molecule has 0 bridgehead atoms. The molecule has 0 aromatic heterocycles. The summed E-state index contributed by atoms with van der Waals surface area (Å²) in [4.78, 5) is 0. The lowest BCUT2D eigenvalue weighted by Crippen LogP contribution is -1.92. The summed E-state index contributed by atoms with van der Waals surface area (Å²) in [5.41, 5.74) is 1.20. The Hall–Kier alpha value is -1.18. The van der Waals surface area contributed by atoms with E-state index in [-0.39, 0.29) is 0 Å². The van der Waals surface area contributed by atoms with E-state index in [2.05, 4.69) is 13.8 Å². The van der Waals surface area contributed by atoms with Gasteiger partial charge in [-0.1, -0.05) is 40.2 Å². The minimum Gasteiger partial charge on any atom is -0.454 e. The molecule has 1 aliphatic rings. The zero-order chi connectivity index (χ0) is 11.7. The first-order valence-electron chi connectivity index (χ1n) is 5.64. The van der Waals surface area contributed by atoms with E-state index in [1.54, 1.807) is 0 Å². The number of fused-ring (bicyclic) bond motifs is 1. The molecule has 2 rings (SSSR count). The van der Waals surface area contributed by atoms with Crippen LogP contribution in [0.25, 0.3) is 0 Å². The van der Waals surface area contributed by atoms with Gasteiger partial charge in [-0.15, -0.1) is 0 Å². The van der Waals surface area contributed by atoms with Gasteiger partial charge in [-0.2, -0.15) is 0 Å². The molecule has 0 spiro atoms. The average molecular weight is 210 g/mol. The van der Waals surface area contributed by atoms with Crippen LogP contribution in [0.1, 0.15) is 39.7 Å². The fourth-order valence-electron chi connectivity index (χ4n) is 1.00. The monoisotopic (exact) mass is 210 g/mol. The predicted molar refractivity (Wildman–Crippen MR) is 64.6 cm³/mol. The van der Waals surface area contributed by atoms with E-state index in [1.807, 2.05) is 39.0 Å². The topological polar surface area (TPSA) is 18.5 Å². The molecular weight excluding hydrogens is 188 g/mol. The standard InChI is InChI=1S/C8H8O2.C3H8.C2H6/c1-6-2-3-7-8(4-6)10-5-9-7;1-3-2;1-2/h2-4H,5H2,1H3;3H2,1-2H3;1-2H3. The zero-order valence-corrected chi connectivity index (χ0v) is 10.5. The maximum absolute atomic E-state index is 5.16. The van der Waals surface area contributed by atoms with Crippen molar-refractivity contribution in [1.82, 2.24) is 0 Å². The smallest absolute Gasteiger partial charge is 0.231 e. The van der Waals surface area contributed by atoms with Crippen molar-refractivity contribution in [2.45, 2.75) is 41.0 Å². The Morgan fingerprint density at radius 2 is 1.60 bits per heavy atom. The SMILES string of the molecule is CC.CCC.Cc1ccc2c(c1)OCO2. The highest BCUT2D eigenvalue weighted by atomic mass is 16.7. The van der Waals surface area contributed by atoms with Gasteiger partial charge in [0.15, 0.2) is 11.5 Å². The number of aryl methyl sites for hydroxylation is 1. The van der Waals surface area contributed by atoms with Gasteiger partial charge in [-0.3, -0.25) is 0 Å². The third kappa shape index (κ3) is 4.73. The van der Waals surface area contributed by atoms with Crippen LogP contribution in [0.3, 0.4) is 0 Å². The lowest BCUT2D eigenvalue weighted by molar-refractivity contribution is 0.174. The minimum absolute atomic E-state index is 0.360. The fraction of sp³-hybridized carbons (Fsp3) is 0.538. The van der Waals surface area contributed by atoms with E-state index >= 15 is 0 Å². The second kappa shape index (κ2) is 8.16. The Bertz CT molecular complexity index is 269. The Morgan fingerprint density at radius 3 is 2.20 bits per heavy atom. The molecule has 0 unspecified atom stereocenters. The summed E-state index contributed by atoms with van der Waals surface area (Å²) in [6, 6.07) is 5.91. The maximum Gasteiger partial charge on any atom is 0.231 e. The van der Waals surface area contributed by atoms with E-state index in [0.717, 1.165) is 11.5 Å². The van der Waals surface area contributed by atoms with Crippen LogP contribution in [0.2, 0.25) is 0 Å². The van der Waals surface area contributed by atoms with Crippen LogP contribution >= 0.6 is 0 Å². The van der Waals surface area contributed by atoms with Crippen LogP contribution in [-0.4, -0.2) is 6.79 Å². The van der Waals surface area contributed by atoms with Crippen molar-refractivity contribution in [3.63, 3.8) is 0 Å². The molecule has 1 heterocycles. The molecule has 2 nitrogen and oxygen atoms in total. The highest BCUT2D eigenvalue weighted by molar-refractivity contribution is 5.43. The summed E-state index contributed by atoms with van der Waals surface area (Å²) in [6.07, 6.45) is 1.25. The Kier molecular flexibility index (Phi) is 7.51. The lowest BCUT2D eigenvalue weighted by atomic mass is 10.2. The molecule has 0 N–H and O–H groups in total. The van der Waals surface area contributed by atoms with Crippen molar-refractivity contribution < 1.29 is 9.47 Å². The van der Waals surface area contributed by atoms with Crippen molar-refractivity contribution in [1.29, 1.82) is 0 Å². The first-order valence-corrected chi connectivity index (χ1v) is 5.64. The molecule has 15 heavy (non-hydrogen) atoms. The molecule has 0 atom stereocenters. The van der Waals surface area contributed by atoms with Crippen LogP contribution in [-0.2, 0) is 0 Å². The summed E-state index contributed by atoms with van der Waals surface area (Å²) in [5, 5.41) is 0. The molecule has 1 aromatic rings. The second-order valence-corrected chi connectivity index (χ2v) is 3.06. The third-order valence-corrected chi connectivity index (χ3v) is 1.53. The van der Waals surface area contributed by atoms with Gasteiger partial charge in [0.05, 0.1) is 0 Å². The van der Waals surface area contributed by atoms with Crippen LogP contribution in [0, 0.1) is 6.92 Å². The van der Waals surface area contributed by atoms with Crippen molar-refractivity contribution in [2.75, 3.05) is 6.79 Å². The van der Waals surface area contributed by atoms with Crippen LogP contribution in [0.5, 0.6) is 11.5 Å². The molecule has 0 aliphatic carbocycles. The van der Waals surface area contributed by atoms with Crippen LogP contribution in [0.15, 0.2) is 18.2 Å². The molecule has 86 valence electrons. The van der Waals surface area contributed by atoms with Gasteiger partial charge < -0.3 is 9.47 Å². The van der Waals surface area contributed by atoms with E-state index in [1.165, 1.54) is 12.0 Å². The molecule has 0 saturated heterocycles. The first-order chi connectivity index (χ1) is 7.27. The number of hydrogen-bond acceptors (Lipinski definition) is 2. The van der Waals surface area contributed by atoms with Gasteiger partial charge in [0.2, 0.25) is 6.79 Å². The van der Waals surface area contributed by atoms with Crippen molar-refractivity contribution >= 4 is 0 Å². The molecule has 1 aliphatic heterocycles. The minimum atomic E-state index is 0.360. The summed E-state index contributed by atoms with van der Waals surface area (Å²) in [7, 11) is 0. The van der Waals surface area contributed by atoms with E-state index in [0.29, 0.717) is 6.79 Å². The number of rotatable bonds is 0. The summed E-state index contributed by atoms with van der Waals surface area (Å²) < 4.78 is 10.3. The molecular formula is C13H22O2. The lowest BCUT2D eigenvalue weighted by Gasteiger charge is -1.94. The summed E-state index contributed by atoms with van der Waals surface area (Å²) in [6.45, 7) is 10.6. The highest BCUT2D eigenvalue weighted by Crippen LogP contribution is 2.31. The summed E-state index contributed by atoms with van der Waals surface area (Å²) in [5.74, 6) is 1.71. The van der Waals surface area contributed by atoms with E-state index in [4.69, 9.17) is 9.47 Å². The van der Waals surface area contributed by atoms with Gasteiger partial charge in [-0.05, 0) is 24.6 Å². The van der Waals surface area contributed by atoms with Gasteiger partial charge in [0.1, 0.15) is 0 Å². The average Bonchev–Trinajstić information content (AvgIpc) is 2.69. The molecule has 0 radical (unpaired) electrons.